The van der Waals surface area contributed by atoms with Crippen LogP contribution in [0.2, 0.25) is 0 Å². The van der Waals surface area contributed by atoms with Crippen LogP contribution in [-0.2, 0) is 6.54 Å². The van der Waals surface area contributed by atoms with Gasteiger partial charge in [0.25, 0.3) is 0 Å². The molecule has 4 heterocycles. The van der Waals surface area contributed by atoms with Crippen LogP contribution in [0.25, 0.3) is 16.5 Å². The lowest BCUT2D eigenvalue weighted by Gasteiger charge is -2.05. The van der Waals surface area contributed by atoms with Crippen LogP contribution in [-0.4, -0.2) is 22.6 Å². The highest BCUT2D eigenvalue weighted by atomic mass is 14.9. The molecule has 4 nitrogen and oxygen atoms in total. The van der Waals surface area contributed by atoms with Crippen LogP contribution < -0.4 is 0 Å². The van der Waals surface area contributed by atoms with Crippen LogP contribution in [0.5, 0.6) is 0 Å². The van der Waals surface area contributed by atoms with Gasteiger partial charge in [0.1, 0.15) is 0 Å². The highest BCUT2D eigenvalue weighted by Crippen LogP contribution is 2.41. The Morgan fingerprint density at radius 1 is 0.958 bits per heavy atom. The summed E-state index contributed by atoms with van der Waals surface area (Å²) in [6.07, 6.45) is 1.86. The van der Waals surface area contributed by atoms with Crippen molar-refractivity contribution in [2.45, 2.75) is 6.54 Å². The molecule has 0 bridgehead atoms. The summed E-state index contributed by atoms with van der Waals surface area (Å²) in [6, 6.07) is 16.6. The van der Waals surface area contributed by atoms with Gasteiger partial charge in [0.2, 0.25) is 0 Å². The largest absolute Gasteiger partial charge is 0.356 e. The third kappa shape index (κ3) is 1.41. The molecule has 0 spiro atoms. The van der Waals surface area contributed by atoms with Gasteiger partial charge in [-0.05, 0) is 12.1 Å². The van der Waals surface area contributed by atoms with Crippen molar-refractivity contribution < 1.29 is 0 Å². The van der Waals surface area contributed by atoms with E-state index in [0.29, 0.717) is 6.54 Å². The molecule has 0 unspecified atom stereocenters. The molecule has 0 radical (unpaired) electrons. The van der Waals surface area contributed by atoms with Gasteiger partial charge in [-0.2, -0.15) is 0 Å². The number of aromatic amines is 1. The van der Waals surface area contributed by atoms with E-state index in [1.807, 2.05) is 24.4 Å². The van der Waals surface area contributed by atoms with Crippen LogP contribution in [0.4, 0.5) is 5.69 Å². The van der Waals surface area contributed by atoms with Crippen molar-refractivity contribution in [3.8, 4) is 0 Å². The number of rotatable bonds is 1. The summed E-state index contributed by atoms with van der Waals surface area (Å²) in [6.45, 7) is 0.680. The third-order valence-electron chi connectivity index (χ3n) is 4.86. The zero-order valence-electron chi connectivity index (χ0n) is 12.7. The van der Waals surface area contributed by atoms with Crippen molar-refractivity contribution in [1.82, 2.24) is 4.98 Å². The number of nitrogens with one attached hydrogen (secondary N) is 1. The Morgan fingerprint density at radius 2 is 1.83 bits per heavy atom. The van der Waals surface area contributed by atoms with Gasteiger partial charge >= 0.3 is 0 Å². The molecule has 0 atom stereocenters. The molecule has 3 aliphatic rings. The monoisotopic (exact) mass is 308 g/mol. The Morgan fingerprint density at radius 3 is 2.83 bits per heavy atom. The van der Waals surface area contributed by atoms with Crippen molar-refractivity contribution >= 4 is 39.8 Å². The van der Waals surface area contributed by atoms with Crippen LogP contribution in [0.15, 0.2) is 69.2 Å². The molecule has 24 heavy (non-hydrogen) atoms. The fraction of sp³-hybridized carbons (Fsp3) is 0.0500. The molecule has 0 fully saturated rings. The number of H-pyrrole nitrogens is 1. The molecular weight excluding hydrogens is 296 g/mol. The fourth-order valence-corrected chi connectivity index (χ4v) is 3.84. The number of aromatic nitrogens is 1. The normalized spacial score (nSPS) is 17.2. The second kappa shape index (κ2) is 4.17. The molecule has 0 aliphatic carbocycles. The number of nitrogens with zero attached hydrogens (tertiary/aromatic N) is 3. The Kier molecular flexibility index (Phi) is 2.12. The smallest absolute Gasteiger partial charge is 0.0991 e. The Labute approximate surface area is 138 Å². The van der Waals surface area contributed by atoms with E-state index in [9.17, 15) is 0 Å². The van der Waals surface area contributed by atoms with E-state index in [0.717, 1.165) is 39.5 Å². The van der Waals surface area contributed by atoms with Crippen LogP contribution in [0.3, 0.4) is 0 Å². The maximum absolute atomic E-state index is 4.79. The lowest BCUT2D eigenvalue weighted by atomic mass is 9.97. The van der Waals surface area contributed by atoms with Crippen molar-refractivity contribution in [1.29, 1.82) is 0 Å². The van der Waals surface area contributed by atoms with Gasteiger partial charge in [0.15, 0.2) is 0 Å². The molecule has 0 amide bonds. The summed E-state index contributed by atoms with van der Waals surface area (Å²) in [4.78, 5) is 17.6. The average Bonchev–Trinajstić information content (AvgIpc) is 3.33. The van der Waals surface area contributed by atoms with Crippen LogP contribution >= 0.6 is 0 Å². The number of allylic oxidation sites excluding steroid dienone is 2. The second-order valence-corrected chi connectivity index (χ2v) is 6.18. The minimum absolute atomic E-state index is 0.680. The fourth-order valence-electron chi connectivity index (χ4n) is 3.84. The van der Waals surface area contributed by atoms with Gasteiger partial charge in [-0.25, -0.2) is 4.99 Å². The molecule has 0 saturated carbocycles. The molecule has 0 saturated heterocycles. The van der Waals surface area contributed by atoms with E-state index < -0.39 is 0 Å². The van der Waals surface area contributed by atoms with Crippen molar-refractivity contribution in [2.75, 3.05) is 0 Å². The first-order chi connectivity index (χ1) is 11.9. The summed E-state index contributed by atoms with van der Waals surface area (Å²) in [5.41, 5.74) is 9.67. The minimum atomic E-state index is 0.680. The van der Waals surface area contributed by atoms with Crippen LogP contribution in [0.1, 0.15) is 16.8 Å². The molecule has 1 N–H and O–H groups in total. The van der Waals surface area contributed by atoms with Crippen molar-refractivity contribution in [3.05, 3.63) is 71.0 Å². The summed E-state index contributed by atoms with van der Waals surface area (Å²) < 4.78 is 0. The van der Waals surface area contributed by atoms with E-state index >= 15 is 0 Å². The Hall–Kier alpha value is -3.27. The summed E-state index contributed by atoms with van der Waals surface area (Å²) in [5.74, 6) is 0. The molecule has 2 aromatic carbocycles. The number of hydrogen-bond donors (Lipinski definition) is 1. The standard InChI is InChI=1S/C20H12N4/c1-3-7-13-11(5-1)17-15(23-13)9-21-19(17)20-18-12-6-2-4-8-14(12)24-16(18)10-22-20/h1-9,24H,10H2. The molecule has 4 heteroatoms. The number of fused-ring (bicyclic) bond motifs is 6. The van der Waals surface area contributed by atoms with Crippen molar-refractivity contribution in [2.24, 2.45) is 15.0 Å². The van der Waals surface area contributed by atoms with E-state index in [2.05, 4.69) is 45.3 Å². The topological polar surface area (TPSA) is 52.9 Å². The minimum Gasteiger partial charge on any atom is -0.356 e. The number of hydrogen-bond acceptors (Lipinski definition) is 3. The van der Waals surface area contributed by atoms with Gasteiger partial charge < -0.3 is 4.98 Å². The predicted molar refractivity (Wildman–Crippen MR) is 97.5 cm³/mol. The zero-order valence-corrected chi connectivity index (χ0v) is 12.7. The first-order valence-corrected chi connectivity index (χ1v) is 8.02. The predicted octanol–water partition coefficient (Wildman–Crippen LogP) is 4.05. The summed E-state index contributed by atoms with van der Waals surface area (Å²) >= 11 is 0. The summed E-state index contributed by atoms with van der Waals surface area (Å²) in [7, 11) is 0. The molecule has 3 aromatic rings. The second-order valence-electron chi connectivity index (χ2n) is 6.18. The Balaban J connectivity index is 1.62. The van der Waals surface area contributed by atoms with E-state index in [1.54, 1.807) is 0 Å². The third-order valence-corrected chi connectivity index (χ3v) is 4.86. The maximum atomic E-state index is 4.79. The van der Waals surface area contributed by atoms with Gasteiger partial charge in [0.05, 0.1) is 35.6 Å². The summed E-state index contributed by atoms with van der Waals surface area (Å²) in [5, 5.41) is 1.21. The zero-order chi connectivity index (χ0) is 15.7. The number of benzene rings is 2. The highest BCUT2D eigenvalue weighted by molar-refractivity contribution is 6.58. The Bertz CT molecular complexity index is 1170. The molecule has 6 rings (SSSR count). The van der Waals surface area contributed by atoms with Gasteiger partial charge in [-0.3, -0.25) is 9.98 Å². The molecular formula is C20H12N4. The average molecular weight is 308 g/mol. The van der Waals surface area contributed by atoms with E-state index in [1.165, 1.54) is 16.6 Å². The quantitative estimate of drug-likeness (QED) is 0.705. The van der Waals surface area contributed by atoms with Crippen molar-refractivity contribution in [3.63, 3.8) is 0 Å². The molecule has 112 valence electrons. The first-order valence-electron chi connectivity index (χ1n) is 8.02. The molecule has 3 aliphatic heterocycles. The lowest BCUT2D eigenvalue weighted by molar-refractivity contribution is 1.05. The van der Waals surface area contributed by atoms with Gasteiger partial charge in [-0.1, -0.05) is 36.4 Å². The van der Waals surface area contributed by atoms with Gasteiger partial charge in [-0.15, -0.1) is 0 Å². The first kappa shape index (κ1) is 12.2. The number of aliphatic imine (C=N–C) groups is 3. The highest BCUT2D eigenvalue weighted by Gasteiger charge is 2.33. The maximum Gasteiger partial charge on any atom is 0.0991 e. The van der Waals surface area contributed by atoms with E-state index in [-0.39, 0.29) is 0 Å². The molecule has 1 aromatic heterocycles. The van der Waals surface area contributed by atoms with Gasteiger partial charge in [0, 0.05) is 33.3 Å². The lowest BCUT2D eigenvalue weighted by Crippen LogP contribution is -2.03. The SMILES string of the molecule is C1=NC(C2=NCc3[nH]c4ccccc4c32)=C2C1=Nc1ccccc12. The number of para-hydroxylation sites is 2. The van der Waals surface area contributed by atoms with E-state index in [4.69, 9.17) is 4.99 Å². The van der Waals surface area contributed by atoms with Crippen LogP contribution in [0, 0.1) is 0 Å².